The minimum Gasteiger partial charge on any atom is -0.372 e. The highest BCUT2D eigenvalue weighted by Crippen LogP contribution is 2.22. The number of carbonyl (C=O) groups excluding carboxylic acids is 1. The molecule has 0 radical (unpaired) electrons. The van der Waals surface area contributed by atoms with Gasteiger partial charge in [0.15, 0.2) is 5.11 Å². The molecule has 4 nitrogen and oxygen atoms in total. The molecule has 0 bridgehead atoms. The number of nitrogens with one attached hydrogen (secondary N) is 2. The monoisotopic (exact) mass is 403 g/mol. The SMILES string of the molecule is O=C(Cc1cccc2ccccc12)NC(=S)Nc1ccc(N2CCCCC2)cc1. The highest BCUT2D eigenvalue weighted by Gasteiger charge is 2.11. The van der Waals surface area contributed by atoms with Crippen LogP contribution < -0.4 is 15.5 Å². The van der Waals surface area contributed by atoms with Crippen LogP contribution in [0.25, 0.3) is 10.8 Å². The third-order valence-electron chi connectivity index (χ3n) is 5.33. The molecule has 5 heteroatoms. The summed E-state index contributed by atoms with van der Waals surface area (Å²) in [7, 11) is 0. The second-order valence-electron chi connectivity index (χ2n) is 7.41. The topological polar surface area (TPSA) is 44.4 Å². The Balaban J connectivity index is 1.33. The first-order valence-corrected chi connectivity index (χ1v) is 10.5. The van der Waals surface area contributed by atoms with Crippen LogP contribution in [0.3, 0.4) is 0 Å². The summed E-state index contributed by atoms with van der Waals surface area (Å²) in [6.45, 7) is 2.24. The van der Waals surface area contributed by atoms with Crippen molar-refractivity contribution >= 4 is 45.4 Å². The molecule has 2 N–H and O–H groups in total. The number of hydrogen-bond acceptors (Lipinski definition) is 3. The Hall–Kier alpha value is -2.92. The number of fused-ring (bicyclic) bond motifs is 1. The molecular formula is C24H25N3OS. The van der Waals surface area contributed by atoms with Gasteiger partial charge in [-0.05, 0) is 72.1 Å². The van der Waals surface area contributed by atoms with Crippen LogP contribution in [0.15, 0.2) is 66.7 Å². The highest BCUT2D eigenvalue weighted by molar-refractivity contribution is 7.80. The molecule has 1 saturated heterocycles. The first-order chi connectivity index (χ1) is 14.2. The van der Waals surface area contributed by atoms with Gasteiger partial charge in [0.1, 0.15) is 0 Å². The van der Waals surface area contributed by atoms with Crippen LogP contribution in [0.4, 0.5) is 11.4 Å². The summed E-state index contributed by atoms with van der Waals surface area (Å²) in [6.07, 6.45) is 4.12. The van der Waals surface area contributed by atoms with Gasteiger partial charge >= 0.3 is 0 Å². The van der Waals surface area contributed by atoms with Gasteiger partial charge < -0.3 is 15.5 Å². The van der Waals surface area contributed by atoms with Crippen LogP contribution in [0.1, 0.15) is 24.8 Å². The minimum atomic E-state index is -0.121. The Bertz CT molecular complexity index is 1000. The van der Waals surface area contributed by atoms with Crippen LogP contribution in [-0.4, -0.2) is 24.1 Å². The van der Waals surface area contributed by atoms with Crippen molar-refractivity contribution in [1.29, 1.82) is 0 Å². The van der Waals surface area contributed by atoms with Crippen molar-refractivity contribution in [2.45, 2.75) is 25.7 Å². The third kappa shape index (κ3) is 4.93. The largest absolute Gasteiger partial charge is 0.372 e. The van der Waals surface area contributed by atoms with E-state index in [-0.39, 0.29) is 12.3 Å². The number of carbonyl (C=O) groups is 1. The van der Waals surface area contributed by atoms with E-state index < -0.39 is 0 Å². The van der Waals surface area contributed by atoms with Crippen molar-refractivity contribution in [3.8, 4) is 0 Å². The van der Waals surface area contributed by atoms with E-state index in [0.29, 0.717) is 5.11 Å². The average Bonchev–Trinajstić information content (AvgIpc) is 2.75. The molecule has 3 aromatic rings. The number of rotatable bonds is 4. The van der Waals surface area contributed by atoms with E-state index in [9.17, 15) is 4.79 Å². The summed E-state index contributed by atoms with van der Waals surface area (Å²) in [5.41, 5.74) is 3.11. The van der Waals surface area contributed by atoms with Gasteiger partial charge in [-0.15, -0.1) is 0 Å². The quantitative estimate of drug-likeness (QED) is 0.609. The Labute approximate surface area is 176 Å². The van der Waals surface area contributed by atoms with Crippen LogP contribution in [-0.2, 0) is 11.2 Å². The van der Waals surface area contributed by atoms with Gasteiger partial charge in [0, 0.05) is 24.5 Å². The summed E-state index contributed by atoms with van der Waals surface area (Å²) < 4.78 is 0. The van der Waals surface area contributed by atoms with Crippen molar-refractivity contribution in [3.63, 3.8) is 0 Å². The molecule has 0 atom stereocenters. The molecule has 0 unspecified atom stereocenters. The lowest BCUT2D eigenvalue weighted by atomic mass is 10.0. The summed E-state index contributed by atoms with van der Waals surface area (Å²) in [4.78, 5) is 14.9. The second-order valence-corrected chi connectivity index (χ2v) is 7.82. The maximum absolute atomic E-state index is 12.5. The fourth-order valence-corrected chi connectivity index (χ4v) is 4.09. The number of thiocarbonyl (C=S) groups is 1. The van der Waals surface area contributed by atoms with Gasteiger partial charge in [-0.1, -0.05) is 42.5 Å². The fourth-order valence-electron chi connectivity index (χ4n) is 3.86. The summed E-state index contributed by atoms with van der Waals surface area (Å²) in [5.74, 6) is -0.121. The molecule has 1 amide bonds. The van der Waals surface area contributed by atoms with Crippen LogP contribution >= 0.6 is 12.2 Å². The maximum atomic E-state index is 12.5. The first kappa shape index (κ1) is 19.4. The van der Waals surface area contributed by atoms with Crippen molar-refractivity contribution in [2.75, 3.05) is 23.3 Å². The van der Waals surface area contributed by atoms with Crippen molar-refractivity contribution in [1.82, 2.24) is 5.32 Å². The molecule has 0 aromatic heterocycles. The number of hydrogen-bond donors (Lipinski definition) is 2. The molecule has 1 fully saturated rings. The lowest BCUT2D eigenvalue weighted by Gasteiger charge is -2.28. The molecule has 0 spiro atoms. The number of nitrogens with zero attached hydrogens (tertiary/aromatic N) is 1. The molecule has 4 rings (SSSR count). The van der Waals surface area contributed by atoms with Crippen LogP contribution in [0.2, 0.25) is 0 Å². The number of benzene rings is 3. The normalized spacial score (nSPS) is 13.9. The zero-order valence-electron chi connectivity index (χ0n) is 16.4. The fraction of sp³-hybridized carbons (Fsp3) is 0.250. The maximum Gasteiger partial charge on any atom is 0.230 e. The smallest absolute Gasteiger partial charge is 0.230 e. The number of anilines is 2. The molecule has 3 aromatic carbocycles. The van der Waals surface area contributed by atoms with E-state index in [2.05, 4.69) is 39.8 Å². The van der Waals surface area contributed by atoms with Crippen LogP contribution in [0, 0.1) is 0 Å². The molecule has 29 heavy (non-hydrogen) atoms. The lowest BCUT2D eigenvalue weighted by molar-refractivity contribution is -0.119. The van der Waals surface area contributed by atoms with Crippen LogP contribution in [0.5, 0.6) is 0 Å². The van der Waals surface area contributed by atoms with Crippen molar-refractivity contribution in [3.05, 3.63) is 72.3 Å². The van der Waals surface area contributed by atoms with Gasteiger partial charge in [0.25, 0.3) is 0 Å². The third-order valence-corrected chi connectivity index (χ3v) is 5.53. The number of piperidine rings is 1. The van der Waals surface area contributed by atoms with E-state index >= 15 is 0 Å². The minimum absolute atomic E-state index is 0.121. The molecule has 148 valence electrons. The summed E-state index contributed by atoms with van der Waals surface area (Å²) >= 11 is 5.33. The summed E-state index contributed by atoms with van der Waals surface area (Å²) in [5, 5.41) is 8.44. The molecular weight excluding hydrogens is 378 g/mol. The predicted octanol–water partition coefficient (Wildman–Crippen LogP) is 4.89. The van der Waals surface area contributed by atoms with E-state index in [1.807, 2.05) is 42.5 Å². The first-order valence-electron chi connectivity index (χ1n) is 10.1. The predicted molar refractivity (Wildman–Crippen MR) is 125 cm³/mol. The van der Waals surface area contributed by atoms with Gasteiger partial charge in [-0.2, -0.15) is 0 Å². The lowest BCUT2D eigenvalue weighted by Crippen LogP contribution is -2.35. The van der Waals surface area contributed by atoms with E-state index in [4.69, 9.17) is 12.2 Å². The van der Waals surface area contributed by atoms with Gasteiger partial charge in [-0.25, -0.2) is 0 Å². The summed E-state index contributed by atoms with van der Waals surface area (Å²) in [6, 6.07) is 22.3. The Morgan fingerprint density at radius 1 is 0.897 bits per heavy atom. The standard InChI is InChI=1S/C24H25N3OS/c28-23(17-19-9-6-8-18-7-2-3-10-22(18)19)26-24(29)25-20-11-13-21(14-12-20)27-15-4-1-5-16-27/h2-3,6-14H,1,4-5,15-17H2,(H2,25,26,28,29). The van der Waals surface area contributed by atoms with E-state index in [0.717, 1.165) is 35.1 Å². The Kier molecular flexibility index (Phi) is 6.06. The Morgan fingerprint density at radius 3 is 2.41 bits per heavy atom. The molecule has 1 aliphatic heterocycles. The molecule has 0 aliphatic carbocycles. The van der Waals surface area contributed by atoms with E-state index in [1.165, 1.54) is 24.9 Å². The van der Waals surface area contributed by atoms with Gasteiger partial charge in [0.2, 0.25) is 5.91 Å². The van der Waals surface area contributed by atoms with Gasteiger partial charge in [-0.3, -0.25) is 4.79 Å². The molecule has 0 saturated carbocycles. The number of amides is 1. The van der Waals surface area contributed by atoms with Gasteiger partial charge in [0.05, 0.1) is 6.42 Å². The zero-order chi connectivity index (χ0) is 20.1. The average molecular weight is 404 g/mol. The highest BCUT2D eigenvalue weighted by atomic mass is 32.1. The molecule has 1 aliphatic rings. The Morgan fingerprint density at radius 2 is 1.62 bits per heavy atom. The van der Waals surface area contributed by atoms with Crippen molar-refractivity contribution < 1.29 is 4.79 Å². The zero-order valence-corrected chi connectivity index (χ0v) is 17.2. The van der Waals surface area contributed by atoms with Crippen molar-refractivity contribution in [2.24, 2.45) is 0 Å². The second kappa shape index (κ2) is 9.05. The molecule has 1 heterocycles. The van der Waals surface area contributed by atoms with E-state index in [1.54, 1.807) is 0 Å².